The molecule has 6 nitrogen and oxygen atoms in total. The van der Waals surface area contributed by atoms with Crippen molar-refractivity contribution in [1.29, 1.82) is 0 Å². The molecule has 4 aromatic rings. The van der Waals surface area contributed by atoms with Crippen LogP contribution in [0.2, 0.25) is 0 Å². The summed E-state index contributed by atoms with van der Waals surface area (Å²) in [5, 5.41) is 5.03. The Morgan fingerprint density at radius 1 is 1.06 bits per heavy atom. The van der Waals surface area contributed by atoms with Gasteiger partial charge in [0.2, 0.25) is 0 Å². The second-order valence-corrected chi connectivity index (χ2v) is 9.48. The molecule has 0 N–H and O–H groups in total. The quantitative estimate of drug-likeness (QED) is 0.244. The van der Waals surface area contributed by atoms with E-state index in [0.29, 0.717) is 41.4 Å². The molecule has 4 rings (SSSR count). The van der Waals surface area contributed by atoms with Gasteiger partial charge in [-0.15, -0.1) is 0 Å². The molecular weight excluding hydrogens is 506 g/mol. The van der Waals surface area contributed by atoms with Gasteiger partial charge in [0.1, 0.15) is 12.4 Å². The highest BCUT2D eigenvalue weighted by Gasteiger charge is 2.14. The summed E-state index contributed by atoms with van der Waals surface area (Å²) >= 11 is 3.43. The van der Waals surface area contributed by atoms with E-state index in [1.54, 1.807) is 12.3 Å². The molecule has 180 valence electrons. The minimum atomic E-state index is -0.209. The van der Waals surface area contributed by atoms with Crippen molar-refractivity contribution in [2.45, 2.75) is 40.2 Å². The van der Waals surface area contributed by atoms with Crippen molar-refractivity contribution in [2.75, 3.05) is 6.61 Å². The Morgan fingerprint density at radius 3 is 2.63 bits per heavy atom. The lowest BCUT2D eigenvalue weighted by Crippen LogP contribution is -2.23. The van der Waals surface area contributed by atoms with Crippen LogP contribution in [-0.2, 0) is 6.61 Å². The highest BCUT2D eigenvalue weighted by atomic mass is 79.9. The molecule has 0 unspecified atom stereocenters. The van der Waals surface area contributed by atoms with Crippen molar-refractivity contribution in [3.8, 4) is 11.5 Å². The van der Waals surface area contributed by atoms with Crippen LogP contribution in [0.4, 0.5) is 0 Å². The van der Waals surface area contributed by atoms with Gasteiger partial charge in [0.15, 0.2) is 11.5 Å². The van der Waals surface area contributed by atoms with Crippen molar-refractivity contribution in [1.82, 2.24) is 9.66 Å². The van der Waals surface area contributed by atoms with E-state index in [-0.39, 0.29) is 11.5 Å². The summed E-state index contributed by atoms with van der Waals surface area (Å²) in [6.07, 6.45) is 1.64. The molecule has 0 saturated carbocycles. The van der Waals surface area contributed by atoms with Gasteiger partial charge in [0, 0.05) is 10.4 Å². The van der Waals surface area contributed by atoms with Gasteiger partial charge in [-0.3, -0.25) is 4.79 Å². The van der Waals surface area contributed by atoms with Gasteiger partial charge >= 0.3 is 0 Å². The van der Waals surface area contributed by atoms with Gasteiger partial charge in [-0.2, -0.15) is 9.78 Å². The maximum atomic E-state index is 13.2. The molecule has 0 fully saturated rings. The van der Waals surface area contributed by atoms with E-state index in [4.69, 9.17) is 14.5 Å². The third kappa shape index (κ3) is 5.80. The Bertz CT molecular complexity index is 1440. The smallest absolute Gasteiger partial charge is 0.282 e. The summed E-state index contributed by atoms with van der Waals surface area (Å²) in [6.45, 7) is 8.92. The Hall–Kier alpha value is -3.45. The predicted octanol–water partition coefficient (Wildman–Crippen LogP) is 6.45. The third-order valence-corrected chi connectivity index (χ3v) is 5.91. The summed E-state index contributed by atoms with van der Waals surface area (Å²) in [4.78, 5) is 17.9. The van der Waals surface area contributed by atoms with Crippen LogP contribution in [0.3, 0.4) is 0 Å². The zero-order chi connectivity index (χ0) is 24.9. The van der Waals surface area contributed by atoms with E-state index >= 15 is 0 Å². The first-order valence-corrected chi connectivity index (χ1v) is 12.4. The highest BCUT2D eigenvalue weighted by Crippen LogP contribution is 2.29. The number of rotatable bonds is 8. The fourth-order valence-corrected chi connectivity index (χ4v) is 4.09. The summed E-state index contributed by atoms with van der Waals surface area (Å²) in [5.41, 5.74) is 3.51. The Labute approximate surface area is 213 Å². The number of aryl methyl sites for hydroxylation is 1. The molecule has 0 aliphatic carbocycles. The average Bonchev–Trinajstić information content (AvgIpc) is 2.83. The fraction of sp³-hybridized carbons (Fsp3) is 0.250. The summed E-state index contributed by atoms with van der Waals surface area (Å²) in [5.74, 6) is 1.90. The highest BCUT2D eigenvalue weighted by molar-refractivity contribution is 9.10. The SMILES string of the molecule is CCOc1cc(C=Nn2c(C(C)C)nc3ccc(Br)cc3c2=O)ccc1OCc1cccc(C)c1. The van der Waals surface area contributed by atoms with Crippen molar-refractivity contribution in [3.05, 3.63) is 98.0 Å². The van der Waals surface area contributed by atoms with Crippen LogP contribution in [0.15, 0.2) is 75.0 Å². The van der Waals surface area contributed by atoms with Gasteiger partial charge in [-0.05, 0) is 61.4 Å². The number of fused-ring (bicyclic) bond motifs is 1. The van der Waals surface area contributed by atoms with Gasteiger partial charge in [0.25, 0.3) is 5.56 Å². The Morgan fingerprint density at radius 2 is 1.89 bits per heavy atom. The van der Waals surface area contributed by atoms with E-state index < -0.39 is 0 Å². The van der Waals surface area contributed by atoms with Crippen molar-refractivity contribution in [2.24, 2.45) is 5.10 Å². The maximum absolute atomic E-state index is 13.2. The number of nitrogens with zero attached hydrogens (tertiary/aromatic N) is 3. The maximum Gasteiger partial charge on any atom is 0.282 e. The van der Waals surface area contributed by atoms with Crippen LogP contribution in [0.25, 0.3) is 10.9 Å². The molecule has 0 aliphatic heterocycles. The van der Waals surface area contributed by atoms with E-state index in [9.17, 15) is 4.79 Å². The number of aromatic nitrogens is 2. The van der Waals surface area contributed by atoms with Gasteiger partial charge < -0.3 is 9.47 Å². The zero-order valence-electron chi connectivity index (χ0n) is 20.3. The lowest BCUT2D eigenvalue weighted by molar-refractivity contribution is 0.269. The minimum Gasteiger partial charge on any atom is -0.490 e. The topological polar surface area (TPSA) is 65.7 Å². The summed E-state index contributed by atoms with van der Waals surface area (Å²) < 4.78 is 14.1. The van der Waals surface area contributed by atoms with Crippen LogP contribution >= 0.6 is 15.9 Å². The Kier molecular flexibility index (Phi) is 7.66. The second kappa shape index (κ2) is 10.9. The third-order valence-electron chi connectivity index (χ3n) is 5.42. The van der Waals surface area contributed by atoms with Crippen molar-refractivity contribution < 1.29 is 9.47 Å². The lowest BCUT2D eigenvalue weighted by Gasteiger charge is -2.13. The molecule has 0 spiro atoms. The number of ether oxygens (including phenoxy) is 2. The second-order valence-electron chi connectivity index (χ2n) is 8.56. The fourth-order valence-electron chi connectivity index (χ4n) is 3.73. The van der Waals surface area contributed by atoms with Gasteiger partial charge in [-0.25, -0.2) is 4.98 Å². The molecule has 0 aliphatic rings. The molecule has 0 atom stereocenters. The molecule has 0 bridgehead atoms. The van der Waals surface area contributed by atoms with Crippen LogP contribution < -0.4 is 15.0 Å². The monoisotopic (exact) mass is 533 g/mol. The number of benzene rings is 3. The zero-order valence-corrected chi connectivity index (χ0v) is 21.9. The predicted molar refractivity (Wildman–Crippen MR) is 144 cm³/mol. The van der Waals surface area contributed by atoms with Crippen LogP contribution in [0, 0.1) is 6.92 Å². The van der Waals surface area contributed by atoms with Gasteiger partial charge in [0.05, 0.1) is 23.7 Å². The van der Waals surface area contributed by atoms with E-state index in [0.717, 1.165) is 15.6 Å². The Balaban J connectivity index is 1.65. The van der Waals surface area contributed by atoms with E-state index in [1.165, 1.54) is 10.2 Å². The molecule has 0 radical (unpaired) electrons. The lowest BCUT2D eigenvalue weighted by atomic mass is 10.1. The first-order valence-electron chi connectivity index (χ1n) is 11.6. The number of hydrogen-bond acceptors (Lipinski definition) is 5. The molecule has 0 saturated heterocycles. The molecule has 7 heteroatoms. The first kappa shape index (κ1) is 24.7. The number of hydrogen-bond donors (Lipinski definition) is 0. The van der Waals surface area contributed by atoms with Crippen molar-refractivity contribution in [3.63, 3.8) is 0 Å². The molecule has 3 aromatic carbocycles. The summed E-state index contributed by atoms with van der Waals surface area (Å²) in [7, 11) is 0. The summed E-state index contributed by atoms with van der Waals surface area (Å²) in [6, 6.07) is 19.3. The first-order chi connectivity index (χ1) is 16.9. The van der Waals surface area contributed by atoms with E-state index in [2.05, 4.69) is 40.1 Å². The average molecular weight is 534 g/mol. The molecule has 35 heavy (non-hydrogen) atoms. The molecule has 1 heterocycles. The van der Waals surface area contributed by atoms with Crippen molar-refractivity contribution >= 4 is 33.0 Å². The van der Waals surface area contributed by atoms with Crippen LogP contribution in [-0.4, -0.2) is 22.5 Å². The molecule has 1 aromatic heterocycles. The largest absolute Gasteiger partial charge is 0.490 e. The van der Waals surface area contributed by atoms with Crippen LogP contribution in [0.5, 0.6) is 11.5 Å². The normalized spacial score (nSPS) is 11.5. The molecular formula is C28H28BrN3O3. The minimum absolute atomic E-state index is 0.0179. The standard InChI is InChI=1S/C28H28BrN3O3/c1-5-34-26-14-20(9-12-25(26)35-17-21-8-6-7-19(4)13-21)16-30-32-27(18(2)3)31-24-11-10-22(29)15-23(24)28(32)33/h6-16,18H,5,17H2,1-4H3. The van der Waals surface area contributed by atoms with Gasteiger partial charge in [-0.1, -0.05) is 59.6 Å². The van der Waals surface area contributed by atoms with Crippen LogP contribution in [0.1, 0.15) is 49.2 Å². The number of halogens is 1. The van der Waals surface area contributed by atoms with E-state index in [1.807, 2.05) is 63.2 Å². The molecule has 0 amide bonds.